The van der Waals surface area contributed by atoms with E-state index in [0.717, 1.165) is 4.90 Å². The molecule has 0 heterocycles. The van der Waals surface area contributed by atoms with E-state index in [1.807, 2.05) is 0 Å². The van der Waals surface area contributed by atoms with Crippen molar-refractivity contribution in [1.82, 2.24) is 0 Å². The minimum Gasteiger partial charge on any atom is -0.465 e. The highest BCUT2D eigenvalue weighted by Gasteiger charge is 2.23. The fraction of sp³-hybridized carbons (Fsp3) is 0.125. The number of hydrogen-bond acceptors (Lipinski definition) is 4. The summed E-state index contributed by atoms with van der Waals surface area (Å²) in [5.74, 6) is -0.375. The Labute approximate surface area is 136 Å². The molecule has 8 heteroatoms. The number of nitro groups is 1. The largest absolute Gasteiger partial charge is 0.465 e. The van der Waals surface area contributed by atoms with Crippen LogP contribution in [0.15, 0.2) is 47.5 Å². The van der Waals surface area contributed by atoms with Gasteiger partial charge in [-0.05, 0) is 36.8 Å². The van der Waals surface area contributed by atoms with Crippen LogP contribution in [0, 0.1) is 15.9 Å². The molecule has 2 aromatic carbocycles. The molecule has 0 bridgehead atoms. The fourth-order valence-electron chi connectivity index (χ4n) is 2.07. The molecule has 0 spiro atoms. The van der Waals surface area contributed by atoms with Crippen molar-refractivity contribution in [2.75, 3.05) is 11.4 Å². The van der Waals surface area contributed by atoms with Crippen molar-refractivity contribution in [3.05, 3.63) is 64.0 Å². The van der Waals surface area contributed by atoms with Gasteiger partial charge in [0.25, 0.3) is 5.69 Å². The maximum absolute atomic E-state index is 12.8. The summed E-state index contributed by atoms with van der Waals surface area (Å²) < 4.78 is 12.8. The maximum atomic E-state index is 12.8. The quantitative estimate of drug-likeness (QED) is 0.509. The molecule has 124 valence electrons. The molecule has 7 nitrogen and oxygen atoms in total. The number of carboxylic acid groups (broad SMARTS) is 1. The molecule has 0 saturated heterocycles. The van der Waals surface area contributed by atoms with E-state index in [-0.39, 0.29) is 29.4 Å². The van der Waals surface area contributed by atoms with Gasteiger partial charge in [-0.1, -0.05) is 12.1 Å². The molecule has 0 aliphatic heterocycles. The van der Waals surface area contributed by atoms with Crippen molar-refractivity contribution < 1.29 is 19.2 Å². The van der Waals surface area contributed by atoms with Crippen molar-refractivity contribution in [1.29, 1.82) is 0 Å². The highest BCUT2D eigenvalue weighted by molar-refractivity contribution is 5.90. The lowest BCUT2D eigenvalue weighted by Gasteiger charge is -2.16. The second-order valence-corrected chi connectivity index (χ2v) is 4.77. The minimum atomic E-state index is -1.27. The molecule has 2 aromatic rings. The van der Waals surface area contributed by atoms with Gasteiger partial charge in [0.2, 0.25) is 0 Å². The van der Waals surface area contributed by atoms with Gasteiger partial charge in [0.1, 0.15) is 11.5 Å². The van der Waals surface area contributed by atoms with E-state index in [4.69, 9.17) is 5.11 Å². The van der Waals surface area contributed by atoms with Gasteiger partial charge in [-0.3, -0.25) is 20.0 Å². The molecular weight excluding hydrogens is 317 g/mol. The number of amides is 1. The minimum absolute atomic E-state index is 0.0178. The summed E-state index contributed by atoms with van der Waals surface area (Å²) in [6.45, 7) is 1.66. The van der Waals surface area contributed by atoms with Crippen LogP contribution in [0.5, 0.6) is 0 Å². The van der Waals surface area contributed by atoms with Crippen LogP contribution in [0.1, 0.15) is 12.5 Å². The molecule has 0 radical (unpaired) electrons. The molecule has 0 aliphatic carbocycles. The van der Waals surface area contributed by atoms with E-state index in [1.165, 1.54) is 48.7 Å². The lowest BCUT2D eigenvalue weighted by atomic mass is 10.2. The number of benzene rings is 2. The van der Waals surface area contributed by atoms with E-state index in [1.54, 1.807) is 6.92 Å². The summed E-state index contributed by atoms with van der Waals surface area (Å²) in [6.07, 6.45) is 0.163. The number of carbonyl (C=O) groups is 1. The van der Waals surface area contributed by atoms with Crippen molar-refractivity contribution >= 4 is 29.4 Å². The summed E-state index contributed by atoms with van der Waals surface area (Å²) >= 11 is 0. The molecule has 1 N–H and O–H groups in total. The van der Waals surface area contributed by atoms with Crippen LogP contribution >= 0.6 is 0 Å². The highest BCUT2D eigenvalue weighted by atomic mass is 19.1. The van der Waals surface area contributed by atoms with Gasteiger partial charge >= 0.3 is 6.09 Å². The SMILES string of the molecule is CCN(C(=O)O)c1ccc(N=Cc2ccc(F)cc2)cc1[N+](=O)[O-]. The lowest BCUT2D eigenvalue weighted by Crippen LogP contribution is -2.29. The van der Waals surface area contributed by atoms with Crippen LogP contribution < -0.4 is 4.90 Å². The van der Waals surface area contributed by atoms with E-state index >= 15 is 0 Å². The topological polar surface area (TPSA) is 96.0 Å². The van der Waals surface area contributed by atoms with Crippen LogP contribution in [0.2, 0.25) is 0 Å². The van der Waals surface area contributed by atoms with E-state index in [9.17, 15) is 19.3 Å². The molecule has 0 unspecified atom stereocenters. The Balaban J connectivity index is 2.36. The third-order valence-electron chi connectivity index (χ3n) is 3.23. The van der Waals surface area contributed by atoms with Crippen molar-refractivity contribution in [2.45, 2.75) is 6.92 Å². The van der Waals surface area contributed by atoms with Crippen molar-refractivity contribution in [2.24, 2.45) is 4.99 Å². The fourth-order valence-corrected chi connectivity index (χ4v) is 2.07. The Bertz CT molecular complexity index is 790. The van der Waals surface area contributed by atoms with Crippen LogP contribution in [-0.4, -0.2) is 28.9 Å². The Morgan fingerprint density at radius 3 is 2.54 bits per heavy atom. The molecule has 0 aromatic heterocycles. The first kappa shape index (κ1) is 17.1. The normalized spacial score (nSPS) is 10.8. The number of aliphatic imine (C=N–C) groups is 1. The first-order chi connectivity index (χ1) is 11.4. The first-order valence-electron chi connectivity index (χ1n) is 7.01. The van der Waals surface area contributed by atoms with Gasteiger partial charge in [-0.2, -0.15) is 0 Å². The van der Waals surface area contributed by atoms with Gasteiger partial charge in [-0.25, -0.2) is 9.18 Å². The van der Waals surface area contributed by atoms with E-state index in [0.29, 0.717) is 5.56 Å². The monoisotopic (exact) mass is 331 g/mol. The zero-order valence-corrected chi connectivity index (χ0v) is 12.7. The molecule has 24 heavy (non-hydrogen) atoms. The summed E-state index contributed by atoms with van der Waals surface area (Å²) in [5, 5.41) is 20.3. The van der Waals surface area contributed by atoms with Crippen LogP contribution in [-0.2, 0) is 0 Å². The Hall–Kier alpha value is -3.29. The Kier molecular flexibility index (Phi) is 5.20. The Morgan fingerprint density at radius 2 is 2.00 bits per heavy atom. The van der Waals surface area contributed by atoms with Gasteiger partial charge in [-0.15, -0.1) is 0 Å². The van der Waals surface area contributed by atoms with E-state index < -0.39 is 11.0 Å². The number of anilines is 1. The molecular formula is C16H14FN3O4. The Morgan fingerprint density at radius 1 is 1.33 bits per heavy atom. The number of nitrogens with zero attached hydrogens (tertiary/aromatic N) is 3. The smallest absolute Gasteiger partial charge is 0.412 e. The number of rotatable bonds is 5. The molecule has 0 saturated carbocycles. The third kappa shape index (κ3) is 3.92. The summed E-state index contributed by atoms with van der Waals surface area (Å²) in [4.78, 5) is 26.7. The average Bonchev–Trinajstić information content (AvgIpc) is 2.55. The zero-order chi connectivity index (χ0) is 17.7. The predicted octanol–water partition coefficient (Wildman–Crippen LogP) is 3.99. The van der Waals surface area contributed by atoms with Gasteiger partial charge in [0.05, 0.1) is 10.6 Å². The van der Waals surface area contributed by atoms with Crippen LogP contribution in [0.3, 0.4) is 0 Å². The van der Waals surface area contributed by atoms with Gasteiger partial charge in [0, 0.05) is 18.8 Å². The molecule has 1 amide bonds. The zero-order valence-electron chi connectivity index (χ0n) is 12.7. The van der Waals surface area contributed by atoms with Crippen LogP contribution in [0.25, 0.3) is 0 Å². The average molecular weight is 331 g/mol. The molecule has 0 fully saturated rings. The molecule has 0 aliphatic rings. The standard InChI is InChI=1S/C16H14FN3O4/c1-2-19(16(21)22)14-8-7-13(9-15(14)20(23)24)18-10-11-3-5-12(17)6-4-11/h3-10H,2H2,1H3,(H,21,22). The summed E-state index contributed by atoms with van der Waals surface area (Å²) in [7, 11) is 0. The highest BCUT2D eigenvalue weighted by Crippen LogP contribution is 2.32. The van der Waals surface area contributed by atoms with Gasteiger partial charge < -0.3 is 5.11 Å². The first-order valence-corrected chi connectivity index (χ1v) is 7.01. The maximum Gasteiger partial charge on any atom is 0.412 e. The van der Waals surface area contributed by atoms with Crippen molar-refractivity contribution in [3.63, 3.8) is 0 Å². The number of nitro benzene ring substituents is 1. The van der Waals surface area contributed by atoms with Crippen LogP contribution in [0.4, 0.5) is 26.2 Å². The predicted molar refractivity (Wildman–Crippen MR) is 87.8 cm³/mol. The van der Waals surface area contributed by atoms with E-state index in [2.05, 4.69) is 4.99 Å². The number of hydrogen-bond donors (Lipinski definition) is 1. The third-order valence-corrected chi connectivity index (χ3v) is 3.23. The molecule has 0 atom stereocenters. The second-order valence-electron chi connectivity index (χ2n) is 4.77. The lowest BCUT2D eigenvalue weighted by molar-refractivity contribution is -0.384. The number of halogens is 1. The summed E-state index contributed by atoms with van der Waals surface area (Å²) in [5.41, 5.74) is 0.545. The second kappa shape index (κ2) is 7.32. The van der Waals surface area contributed by atoms with Gasteiger partial charge in [0.15, 0.2) is 0 Å². The molecule has 2 rings (SSSR count). The summed E-state index contributed by atoms with van der Waals surface area (Å²) in [6, 6.07) is 9.61. The van der Waals surface area contributed by atoms with Crippen molar-refractivity contribution in [3.8, 4) is 0 Å².